The lowest BCUT2D eigenvalue weighted by molar-refractivity contribution is 0.102. The number of para-hydroxylation sites is 2. The van der Waals surface area contributed by atoms with Crippen LogP contribution < -0.4 is 25.1 Å². The van der Waals surface area contributed by atoms with Crippen molar-refractivity contribution in [3.05, 3.63) is 65.1 Å². The zero-order valence-corrected chi connectivity index (χ0v) is 16.6. The SMILES string of the molecule is COc1ccccc1OC[C@@H](C)NCC(O)COc1c[nH]c(=O)c2ccccc12. The van der Waals surface area contributed by atoms with Crippen LogP contribution >= 0.6 is 0 Å². The van der Waals surface area contributed by atoms with E-state index in [1.165, 1.54) is 6.20 Å². The molecule has 0 aliphatic carbocycles. The fraction of sp³-hybridized carbons (Fsp3) is 0.318. The average molecular weight is 398 g/mol. The van der Waals surface area contributed by atoms with E-state index in [4.69, 9.17) is 14.2 Å². The molecule has 2 atom stereocenters. The smallest absolute Gasteiger partial charge is 0.256 e. The molecule has 0 saturated carbocycles. The minimum atomic E-state index is -0.714. The highest BCUT2D eigenvalue weighted by molar-refractivity contribution is 5.86. The number of ether oxygens (including phenoxy) is 3. The summed E-state index contributed by atoms with van der Waals surface area (Å²) in [4.78, 5) is 14.5. The molecular weight excluding hydrogens is 372 g/mol. The number of hydrogen-bond donors (Lipinski definition) is 3. The largest absolute Gasteiger partial charge is 0.493 e. The van der Waals surface area contributed by atoms with E-state index in [1.807, 2.05) is 43.3 Å². The van der Waals surface area contributed by atoms with Crippen LogP contribution in [0.15, 0.2) is 59.5 Å². The van der Waals surface area contributed by atoms with Gasteiger partial charge in [-0.05, 0) is 25.1 Å². The van der Waals surface area contributed by atoms with E-state index >= 15 is 0 Å². The molecule has 0 spiro atoms. The van der Waals surface area contributed by atoms with Crippen LogP contribution in [0.2, 0.25) is 0 Å². The molecule has 0 aliphatic rings. The van der Waals surface area contributed by atoms with Gasteiger partial charge in [0.15, 0.2) is 11.5 Å². The van der Waals surface area contributed by atoms with Gasteiger partial charge in [-0.25, -0.2) is 0 Å². The van der Waals surface area contributed by atoms with Crippen LogP contribution in [0.1, 0.15) is 6.92 Å². The predicted molar refractivity (Wildman–Crippen MR) is 112 cm³/mol. The second kappa shape index (κ2) is 9.95. The number of aliphatic hydroxyl groups excluding tert-OH is 1. The Morgan fingerprint density at radius 2 is 1.62 bits per heavy atom. The zero-order chi connectivity index (χ0) is 20.6. The zero-order valence-electron chi connectivity index (χ0n) is 16.6. The maximum atomic E-state index is 11.9. The van der Waals surface area contributed by atoms with Gasteiger partial charge in [-0.2, -0.15) is 0 Å². The van der Waals surface area contributed by atoms with E-state index in [2.05, 4.69) is 10.3 Å². The first-order valence-corrected chi connectivity index (χ1v) is 9.49. The number of hydrogen-bond acceptors (Lipinski definition) is 6. The van der Waals surface area contributed by atoms with Crippen LogP contribution in [0.3, 0.4) is 0 Å². The van der Waals surface area contributed by atoms with E-state index < -0.39 is 6.10 Å². The van der Waals surface area contributed by atoms with E-state index in [-0.39, 0.29) is 18.2 Å². The van der Waals surface area contributed by atoms with Gasteiger partial charge in [0.1, 0.15) is 25.1 Å². The van der Waals surface area contributed by atoms with Crippen LogP contribution in [0, 0.1) is 0 Å². The lowest BCUT2D eigenvalue weighted by atomic mass is 10.1. The van der Waals surface area contributed by atoms with Crippen LogP contribution in [-0.4, -0.2) is 49.1 Å². The molecule has 2 aromatic carbocycles. The van der Waals surface area contributed by atoms with Crippen molar-refractivity contribution in [2.24, 2.45) is 0 Å². The first-order valence-electron chi connectivity index (χ1n) is 9.49. The Hall–Kier alpha value is -3.03. The van der Waals surface area contributed by atoms with Gasteiger partial charge in [0.2, 0.25) is 0 Å². The molecule has 0 saturated heterocycles. The Kier molecular flexibility index (Phi) is 7.10. The molecule has 29 heavy (non-hydrogen) atoms. The topological polar surface area (TPSA) is 92.8 Å². The second-order valence-electron chi connectivity index (χ2n) is 6.76. The third-order valence-corrected chi connectivity index (χ3v) is 4.46. The first-order chi connectivity index (χ1) is 14.1. The van der Waals surface area contributed by atoms with E-state index in [0.29, 0.717) is 35.8 Å². The summed E-state index contributed by atoms with van der Waals surface area (Å²) in [5.74, 6) is 1.89. The highest BCUT2D eigenvalue weighted by Gasteiger charge is 2.12. The summed E-state index contributed by atoms with van der Waals surface area (Å²) in [5.41, 5.74) is -0.168. The number of rotatable bonds is 10. The van der Waals surface area contributed by atoms with Crippen molar-refractivity contribution in [1.29, 1.82) is 0 Å². The molecular formula is C22H26N2O5. The van der Waals surface area contributed by atoms with Gasteiger partial charge in [0, 0.05) is 24.2 Å². The van der Waals surface area contributed by atoms with Gasteiger partial charge in [-0.3, -0.25) is 4.79 Å². The summed E-state index contributed by atoms with van der Waals surface area (Å²) < 4.78 is 16.8. The highest BCUT2D eigenvalue weighted by Crippen LogP contribution is 2.25. The number of aromatic nitrogens is 1. The summed E-state index contributed by atoms with van der Waals surface area (Å²) >= 11 is 0. The summed E-state index contributed by atoms with van der Waals surface area (Å²) in [7, 11) is 1.60. The molecule has 154 valence electrons. The molecule has 3 rings (SSSR count). The molecule has 1 heterocycles. The van der Waals surface area contributed by atoms with Gasteiger partial charge in [0.05, 0.1) is 12.5 Å². The van der Waals surface area contributed by atoms with Gasteiger partial charge >= 0.3 is 0 Å². The number of benzene rings is 2. The lowest BCUT2D eigenvalue weighted by Gasteiger charge is -2.19. The van der Waals surface area contributed by atoms with Crippen molar-refractivity contribution in [2.45, 2.75) is 19.1 Å². The third-order valence-electron chi connectivity index (χ3n) is 4.46. The van der Waals surface area contributed by atoms with Crippen molar-refractivity contribution in [3.63, 3.8) is 0 Å². The minimum absolute atomic E-state index is 0.0171. The number of nitrogens with one attached hydrogen (secondary N) is 2. The predicted octanol–water partition coefficient (Wildman–Crippen LogP) is 2.33. The molecule has 1 unspecified atom stereocenters. The molecule has 3 aromatic rings. The minimum Gasteiger partial charge on any atom is -0.493 e. The van der Waals surface area contributed by atoms with Crippen LogP contribution in [0.25, 0.3) is 10.8 Å². The van der Waals surface area contributed by atoms with E-state index in [0.717, 1.165) is 5.39 Å². The average Bonchev–Trinajstić information content (AvgIpc) is 2.76. The van der Waals surface area contributed by atoms with Gasteiger partial charge in [0.25, 0.3) is 5.56 Å². The van der Waals surface area contributed by atoms with E-state index in [1.54, 1.807) is 19.2 Å². The Morgan fingerprint density at radius 3 is 2.38 bits per heavy atom. The molecule has 7 heteroatoms. The van der Waals surface area contributed by atoms with Crippen LogP contribution in [-0.2, 0) is 0 Å². The van der Waals surface area contributed by atoms with Crippen molar-refractivity contribution in [1.82, 2.24) is 10.3 Å². The number of pyridine rings is 1. The first kappa shape index (κ1) is 20.7. The van der Waals surface area contributed by atoms with Crippen molar-refractivity contribution in [2.75, 3.05) is 26.9 Å². The monoisotopic (exact) mass is 398 g/mol. The maximum absolute atomic E-state index is 11.9. The Labute approximate surface area is 169 Å². The fourth-order valence-electron chi connectivity index (χ4n) is 2.90. The normalized spacial score (nSPS) is 13.1. The number of H-pyrrole nitrogens is 1. The Bertz CT molecular complexity index is 988. The molecule has 0 amide bonds. The quantitative estimate of drug-likeness (QED) is 0.485. The molecule has 3 N–H and O–H groups in total. The number of methoxy groups -OCH3 is 1. The number of fused-ring (bicyclic) bond motifs is 1. The maximum Gasteiger partial charge on any atom is 0.256 e. The Morgan fingerprint density at radius 1 is 0.966 bits per heavy atom. The summed E-state index contributed by atoms with van der Waals surface area (Å²) in [5, 5.41) is 14.7. The third kappa shape index (κ3) is 5.49. The molecule has 0 bridgehead atoms. The van der Waals surface area contributed by atoms with Gasteiger partial charge in [-0.1, -0.05) is 30.3 Å². The lowest BCUT2D eigenvalue weighted by Crippen LogP contribution is -2.39. The molecule has 0 aliphatic heterocycles. The van der Waals surface area contributed by atoms with Crippen molar-refractivity contribution in [3.8, 4) is 17.2 Å². The number of aromatic amines is 1. The fourth-order valence-corrected chi connectivity index (χ4v) is 2.90. The van der Waals surface area contributed by atoms with Crippen LogP contribution in [0.5, 0.6) is 17.2 Å². The number of aliphatic hydroxyl groups is 1. The van der Waals surface area contributed by atoms with Gasteiger partial charge in [-0.15, -0.1) is 0 Å². The molecule has 0 fully saturated rings. The summed E-state index contributed by atoms with van der Waals surface area (Å²) in [6, 6.07) is 14.7. The highest BCUT2D eigenvalue weighted by atomic mass is 16.5. The summed E-state index contributed by atoms with van der Waals surface area (Å²) in [6.07, 6.45) is 0.809. The molecule has 0 radical (unpaired) electrons. The van der Waals surface area contributed by atoms with Gasteiger partial charge < -0.3 is 29.6 Å². The van der Waals surface area contributed by atoms with E-state index in [9.17, 15) is 9.90 Å². The van der Waals surface area contributed by atoms with Crippen molar-refractivity contribution < 1.29 is 19.3 Å². The second-order valence-corrected chi connectivity index (χ2v) is 6.76. The molecule has 1 aromatic heterocycles. The standard InChI is InChI=1S/C22H26N2O5/c1-15(13-28-20-10-6-5-9-19(20)27-2)23-11-16(25)14-29-21-12-24-22(26)18-8-4-3-7-17(18)21/h3-10,12,15-16,23,25H,11,13-14H2,1-2H3,(H,24,26)/t15-,16?/m1/s1. The van der Waals surface area contributed by atoms with Crippen LogP contribution in [0.4, 0.5) is 0 Å². The molecule has 7 nitrogen and oxygen atoms in total. The van der Waals surface area contributed by atoms with Crippen molar-refractivity contribution >= 4 is 10.8 Å². The summed E-state index contributed by atoms with van der Waals surface area (Å²) in [6.45, 7) is 2.85. The Balaban J connectivity index is 1.46.